The van der Waals surface area contributed by atoms with Crippen molar-refractivity contribution in [2.24, 2.45) is 0 Å². The zero-order valence-corrected chi connectivity index (χ0v) is 11.0. The van der Waals surface area contributed by atoms with Crippen LogP contribution in [-0.2, 0) is 0 Å². The molecule has 14 heavy (non-hydrogen) atoms. The lowest BCUT2D eigenvalue weighted by molar-refractivity contribution is 0.992. The Bertz CT molecular complexity index is 289. The molecule has 0 aliphatic heterocycles. The van der Waals surface area contributed by atoms with Crippen molar-refractivity contribution in [3.05, 3.63) is 28.2 Å². The first kappa shape index (κ1) is 11.9. The Morgan fingerprint density at radius 3 is 2.86 bits per heavy atom. The zero-order chi connectivity index (χ0) is 10.4. The third-order valence-electron chi connectivity index (χ3n) is 1.97. The lowest BCUT2D eigenvalue weighted by Crippen LogP contribution is -2.02. The summed E-state index contributed by atoms with van der Waals surface area (Å²) in [5, 5.41) is 3.41. The quantitative estimate of drug-likeness (QED) is 0.817. The summed E-state index contributed by atoms with van der Waals surface area (Å²) >= 11 is 5.44. The smallest absolute Gasteiger partial charge is 0.0484 e. The molecule has 0 saturated heterocycles. The van der Waals surface area contributed by atoms with Crippen LogP contribution in [0.3, 0.4) is 0 Å². The van der Waals surface area contributed by atoms with Crippen LogP contribution in [0.4, 0.5) is 5.69 Å². The third kappa shape index (κ3) is 3.93. The first-order valence-electron chi connectivity index (χ1n) is 4.73. The van der Waals surface area contributed by atoms with E-state index in [1.54, 1.807) is 0 Å². The number of rotatable bonds is 5. The molecule has 0 aliphatic rings. The summed E-state index contributed by atoms with van der Waals surface area (Å²) in [7, 11) is 0. The number of halogens is 1. The molecule has 0 atom stereocenters. The summed E-state index contributed by atoms with van der Waals surface area (Å²) in [4.78, 5) is 0. The number of thioether (sulfide) groups is 1. The molecule has 0 aliphatic carbocycles. The van der Waals surface area contributed by atoms with Gasteiger partial charge >= 0.3 is 0 Å². The molecule has 1 aromatic carbocycles. The zero-order valence-electron chi connectivity index (χ0n) is 8.64. The Hall–Kier alpha value is -0.150. The highest BCUT2D eigenvalue weighted by atomic mass is 79.9. The largest absolute Gasteiger partial charge is 0.384 e. The van der Waals surface area contributed by atoms with E-state index in [0.717, 1.165) is 11.0 Å². The summed E-state index contributed by atoms with van der Waals surface area (Å²) in [5.41, 5.74) is 2.48. The second-order valence-electron chi connectivity index (χ2n) is 3.26. The summed E-state index contributed by atoms with van der Waals surface area (Å²) in [6.45, 7) is 3.14. The van der Waals surface area contributed by atoms with E-state index < -0.39 is 0 Å². The van der Waals surface area contributed by atoms with Crippen LogP contribution in [0.2, 0.25) is 0 Å². The molecular formula is C11H16BrNS. The average molecular weight is 274 g/mol. The molecular weight excluding hydrogens is 258 g/mol. The van der Waals surface area contributed by atoms with E-state index >= 15 is 0 Å². The molecule has 3 heteroatoms. The lowest BCUT2D eigenvalue weighted by atomic mass is 10.2. The summed E-state index contributed by atoms with van der Waals surface area (Å²) < 4.78 is 1.15. The maximum atomic E-state index is 3.55. The maximum Gasteiger partial charge on any atom is 0.0484 e. The van der Waals surface area contributed by atoms with Crippen molar-refractivity contribution >= 4 is 33.4 Å². The predicted octanol–water partition coefficient (Wildman–Crippen LogP) is 3.92. The standard InChI is InChI=1S/C11H16BrNS/c1-9-4-5-11(10(12)8-9)13-6-3-7-14-2/h4-5,8,13H,3,6-7H2,1-2H3. The fourth-order valence-electron chi connectivity index (χ4n) is 1.20. The fourth-order valence-corrected chi connectivity index (χ4v) is 2.27. The lowest BCUT2D eigenvalue weighted by Gasteiger charge is -2.08. The minimum Gasteiger partial charge on any atom is -0.384 e. The van der Waals surface area contributed by atoms with Gasteiger partial charge in [-0.25, -0.2) is 0 Å². The van der Waals surface area contributed by atoms with Gasteiger partial charge in [-0.3, -0.25) is 0 Å². The van der Waals surface area contributed by atoms with Crippen molar-refractivity contribution in [2.45, 2.75) is 13.3 Å². The van der Waals surface area contributed by atoms with Gasteiger partial charge in [-0.2, -0.15) is 11.8 Å². The number of benzene rings is 1. The van der Waals surface area contributed by atoms with Gasteiger partial charge < -0.3 is 5.32 Å². The van der Waals surface area contributed by atoms with Gasteiger partial charge in [-0.05, 0) is 59.0 Å². The number of hydrogen-bond acceptors (Lipinski definition) is 2. The monoisotopic (exact) mass is 273 g/mol. The van der Waals surface area contributed by atoms with Crippen LogP contribution >= 0.6 is 27.7 Å². The molecule has 0 spiro atoms. The number of hydrogen-bond donors (Lipinski definition) is 1. The van der Waals surface area contributed by atoms with E-state index in [1.165, 1.54) is 23.4 Å². The number of nitrogens with one attached hydrogen (secondary N) is 1. The van der Waals surface area contributed by atoms with Crippen molar-refractivity contribution in [1.82, 2.24) is 0 Å². The predicted molar refractivity (Wildman–Crippen MR) is 70.4 cm³/mol. The van der Waals surface area contributed by atoms with Gasteiger partial charge in [0.2, 0.25) is 0 Å². The van der Waals surface area contributed by atoms with Crippen molar-refractivity contribution in [1.29, 1.82) is 0 Å². The van der Waals surface area contributed by atoms with E-state index in [1.807, 2.05) is 11.8 Å². The Morgan fingerprint density at radius 1 is 1.43 bits per heavy atom. The molecule has 1 rings (SSSR count). The number of aryl methyl sites for hydroxylation is 1. The minimum atomic E-state index is 1.04. The van der Waals surface area contributed by atoms with E-state index in [0.29, 0.717) is 0 Å². The Morgan fingerprint density at radius 2 is 2.21 bits per heavy atom. The van der Waals surface area contributed by atoms with Gasteiger partial charge in [-0.15, -0.1) is 0 Å². The van der Waals surface area contributed by atoms with E-state index in [9.17, 15) is 0 Å². The van der Waals surface area contributed by atoms with Crippen LogP contribution < -0.4 is 5.32 Å². The molecule has 78 valence electrons. The van der Waals surface area contributed by atoms with Gasteiger partial charge in [-0.1, -0.05) is 6.07 Å². The van der Waals surface area contributed by atoms with Crippen molar-refractivity contribution in [3.63, 3.8) is 0 Å². The molecule has 0 saturated carbocycles. The first-order chi connectivity index (χ1) is 6.74. The van der Waals surface area contributed by atoms with Crippen LogP contribution in [0.1, 0.15) is 12.0 Å². The topological polar surface area (TPSA) is 12.0 Å². The highest BCUT2D eigenvalue weighted by Crippen LogP contribution is 2.23. The van der Waals surface area contributed by atoms with Gasteiger partial charge in [0.05, 0.1) is 0 Å². The molecule has 0 fully saturated rings. The molecule has 0 radical (unpaired) electrons. The van der Waals surface area contributed by atoms with Crippen molar-refractivity contribution in [2.75, 3.05) is 23.9 Å². The summed E-state index contributed by atoms with van der Waals surface area (Å²) in [6, 6.07) is 6.39. The highest BCUT2D eigenvalue weighted by molar-refractivity contribution is 9.10. The SMILES string of the molecule is CSCCCNc1ccc(C)cc1Br. The van der Waals surface area contributed by atoms with Gasteiger partial charge in [0.15, 0.2) is 0 Å². The van der Waals surface area contributed by atoms with E-state index in [2.05, 4.69) is 52.6 Å². The maximum absolute atomic E-state index is 3.55. The van der Waals surface area contributed by atoms with Crippen LogP contribution in [0.25, 0.3) is 0 Å². The van der Waals surface area contributed by atoms with Gasteiger partial charge in [0.1, 0.15) is 0 Å². The van der Waals surface area contributed by atoms with Crippen molar-refractivity contribution in [3.8, 4) is 0 Å². The van der Waals surface area contributed by atoms with Crippen LogP contribution in [0.5, 0.6) is 0 Å². The molecule has 1 N–H and O–H groups in total. The molecule has 0 aromatic heterocycles. The molecule has 1 aromatic rings. The second-order valence-corrected chi connectivity index (χ2v) is 5.10. The van der Waals surface area contributed by atoms with E-state index in [-0.39, 0.29) is 0 Å². The summed E-state index contributed by atoms with van der Waals surface area (Å²) in [5.74, 6) is 1.22. The van der Waals surface area contributed by atoms with Gasteiger partial charge in [0, 0.05) is 16.7 Å². The molecule has 0 heterocycles. The normalized spacial score (nSPS) is 10.2. The average Bonchev–Trinajstić information content (AvgIpc) is 2.15. The Balaban J connectivity index is 2.42. The van der Waals surface area contributed by atoms with Crippen LogP contribution in [0.15, 0.2) is 22.7 Å². The fraction of sp³-hybridized carbons (Fsp3) is 0.455. The third-order valence-corrected chi connectivity index (χ3v) is 3.32. The molecule has 0 bridgehead atoms. The Labute approximate surface area is 98.8 Å². The van der Waals surface area contributed by atoms with Crippen molar-refractivity contribution < 1.29 is 0 Å². The van der Waals surface area contributed by atoms with Gasteiger partial charge in [0.25, 0.3) is 0 Å². The molecule has 0 amide bonds. The van der Waals surface area contributed by atoms with E-state index in [4.69, 9.17) is 0 Å². The summed E-state index contributed by atoms with van der Waals surface area (Å²) in [6.07, 6.45) is 3.35. The highest BCUT2D eigenvalue weighted by Gasteiger charge is 1.98. The van der Waals surface area contributed by atoms with Crippen LogP contribution in [0, 0.1) is 6.92 Å². The first-order valence-corrected chi connectivity index (χ1v) is 6.91. The number of anilines is 1. The molecule has 1 nitrogen and oxygen atoms in total. The Kier molecular flexibility index (Phi) is 5.41. The van der Waals surface area contributed by atoms with Crippen LogP contribution in [-0.4, -0.2) is 18.6 Å². The molecule has 0 unspecified atom stereocenters. The minimum absolute atomic E-state index is 1.04. The second kappa shape index (κ2) is 6.36.